The van der Waals surface area contributed by atoms with Gasteiger partial charge in [0.05, 0.1) is 26.6 Å². The topological polar surface area (TPSA) is 49.7 Å². The van der Waals surface area contributed by atoms with Crippen LogP contribution in [0.15, 0.2) is 14.9 Å². The number of aliphatic hydroxyl groups excluding tert-OH is 1. The second kappa shape index (κ2) is 5.31. The summed E-state index contributed by atoms with van der Waals surface area (Å²) in [5.41, 5.74) is 0.650. The number of rotatable bonds is 4. The van der Waals surface area contributed by atoms with Crippen molar-refractivity contribution in [1.29, 1.82) is 0 Å². The molecule has 0 fully saturated rings. The fraction of sp³-hybridized carbons (Fsp3) is 0.333. The molecule has 0 spiro atoms. The molecule has 0 radical (unpaired) electrons. The maximum absolute atomic E-state index is 10.0. The smallest absolute Gasteiger partial charge is 0.0944 e. The van der Waals surface area contributed by atoms with Gasteiger partial charge < -0.3 is 5.11 Å². The molecule has 0 aromatic carbocycles. The average Bonchev–Trinajstić information content (AvgIpc) is 2.46. The van der Waals surface area contributed by atoms with Gasteiger partial charge in [-0.3, -0.25) is 0 Å². The van der Waals surface area contributed by atoms with Gasteiger partial charge >= 0.3 is 0 Å². The van der Waals surface area contributed by atoms with E-state index in [1.807, 2.05) is 0 Å². The lowest BCUT2D eigenvalue weighted by atomic mass is 10.2. The first-order valence-electron chi connectivity index (χ1n) is 3.22. The third kappa shape index (κ3) is 2.92. The van der Waals surface area contributed by atoms with Crippen molar-refractivity contribution in [3.05, 3.63) is 20.9 Å². The molecule has 1 unspecified atom stereocenters. The number of nitrogens with zero attached hydrogens (tertiary/aromatic N) is 1. The largest absolute Gasteiger partial charge is 0.387 e. The Morgan fingerprint density at radius 1 is 1.85 bits per heavy atom. The van der Waals surface area contributed by atoms with Gasteiger partial charge in [-0.1, -0.05) is 27.5 Å². The van der Waals surface area contributed by atoms with Crippen LogP contribution in [0.5, 0.6) is 0 Å². The first-order valence-corrected chi connectivity index (χ1v) is 6.31. The molecule has 3 nitrogen and oxygen atoms in total. The molecule has 1 N–H and O–H groups in total. The predicted molar refractivity (Wildman–Crippen MR) is 59.7 cm³/mol. The molecule has 1 aromatic rings. The maximum Gasteiger partial charge on any atom is 0.0944 e. The van der Waals surface area contributed by atoms with E-state index in [0.29, 0.717) is 19.4 Å². The monoisotopic (exact) mass is 301 g/mol. The van der Waals surface area contributed by atoms with E-state index in [0.717, 1.165) is 11.9 Å². The molecule has 1 aromatic heterocycles. The molecule has 7 heteroatoms. The lowest BCUT2D eigenvalue weighted by molar-refractivity contribution is 0.203. The second-order valence-corrected chi connectivity index (χ2v) is 5.46. The predicted octanol–water partition coefficient (Wildman–Crippen LogP) is 3.60. The Morgan fingerprint density at radius 2 is 2.54 bits per heavy atom. The van der Waals surface area contributed by atoms with Crippen LogP contribution in [0.2, 0.25) is 4.34 Å². The fourth-order valence-corrected chi connectivity index (χ4v) is 3.17. The molecule has 13 heavy (non-hydrogen) atoms. The molecule has 72 valence electrons. The van der Waals surface area contributed by atoms with Crippen molar-refractivity contribution in [3.8, 4) is 0 Å². The van der Waals surface area contributed by atoms with Gasteiger partial charge in [-0.05, 0) is 6.07 Å². The molecule has 0 saturated carbocycles. The number of nitroso groups, excluding NO2 is 1. The van der Waals surface area contributed by atoms with Crippen LogP contribution in [0.25, 0.3) is 0 Å². The van der Waals surface area contributed by atoms with E-state index in [4.69, 9.17) is 11.6 Å². The first kappa shape index (κ1) is 11.5. The highest BCUT2D eigenvalue weighted by Crippen LogP contribution is 2.38. The number of alkyl halides is 1. The zero-order valence-electron chi connectivity index (χ0n) is 6.24. The van der Waals surface area contributed by atoms with Crippen LogP contribution in [-0.2, 0) is 0 Å². The standard InChI is InChI=1S/C6H5BrClNO2S2/c7-2-4(10)3-1-5(8)12-6(3)13-9-11/h1,4,10H,2H2. The molecule has 0 amide bonds. The summed E-state index contributed by atoms with van der Waals surface area (Å²) in [6.07, 6.45) is -0.645. The molecule has 0 saturated heterocycles. The van der Waals surface area contributed by atoms with Gasteiger partial charge in [-0.15, -0.1) is 16.2 Å². The number of halogens is 2. The second-order valence-electron chi connectivity index (χ2n) is 2.13. The number of thiophene rings is 1. The van der Waals surface area contributed by atoms with Crippen LogP contribution in [0.3, 0.4) is 0 Å². The van der Waals surface area contributed by atoms with E-state index >= 15 is 0 Å². The van der Waals surface area contributed by atoms with E-state index in [9.17, 15) is 10.0 Å². The van der Waals surface area contributed by atoms with Gasteiger partial charge in [-0.2, -0.15) is 0 Å². The van der Waals surface area contributed by atoms with Crippen LogP contribution < -0.4 is 0 Å². The summed E-state index contributed by atoms with van der Waals surface area (Å²) in [5, 5.41) is 9.90. The fourth-order valence-electron chi connectivity index (χ4n) is 0.779. The summed E-state index contributed by atoms with van der Waals surface area (Å²) in [5.74, 6) is 0. The quantitative estimate of drug-likeness (QED) is 0.525. The summed E-state index contributed by atoms with van der Waals surface area (Å²) in [4.78, 5) is 10.0. The molecule has 0 aliphatic carbocycles. The van der Waals surface area contributed by atoms with Crippen LogP contribution in [0, 0.1) is 4.91 Å². The Morgan fingerprint density at radius 3 is 3.08 bits per heavy atom. The summed E-state index contributed by atoms with van der Waals surface area (Å²) >= 11 is 10.9. The molecular weight excluding hydrogens is 298 g/mol. The van der Waals surface area contributed by atoms with E-state index in [1.54, 1.807) is 6.07 Å². The number of hydrogen-bond acceptors (Lipinski definition) is 5. The summed E-state index contributed by atoms with van der Waals surface area (Å²) in [6, 6.07) is 1.64. The Kier molecular flexibility index (Phi) is 4.68. The van der Waals surface area contributed by atoms with Crippen molar-refractivity contribution < 1.29 is 5.11 Å². The van der Waals surface area contributed by atoms with Gasteiger partial charge in [0, 0.05) is 15.5 Å². The zero-order chi connectivity index (χ0) is 9.84. The maximum atomic E-state index is 10.0. The van der Waals surface area contributed by atoms with Crippen LogP contribution in [0.4, 0.5) is 0 Å². The summed E-state index contributed by atoms with van der Waals surface area (Å²) < 4.78 is 3.88. The summed E-state index contributed by atoms with van der Waals surface area (Å²) in [7, 11) is 0. The SMILES string of the molecule is O=NSc1sc(Cl)cc1C(O)CBr. The number of aliphatic hydroxyl groups is 1. The van der Waals surface area contributed by atoms with Crippen molar-refractivity contribution in [2.24, 2.45) is 4.58 Å². The van der Waals surface area contributed by atoms with Gasteiger partial charge in [0.1, 0.15) is 0 Å². The molecule has 0 bridgehead atoms. The lowest BCUT2D eigenvalue weighted by Crippen LogP contribution is -1.96. The Bertz CT molecular complexity index is 307. The molecule has 0 aliphatic heterocycles. The van der Waals surface area contributed by atoms with Gasteiger partial charge in [0.15, 0.2) is 0 Å². The molecule has 1 atom stereocenters. The molecule has 1 heterocycles. The average molecular weight is 303 g/mol. The highest BCUT2D eigenvalue weighted by Gasteiger charge is 2.15. The van der Waals surface area contributed by atoms with Crippen molar-refractivity contribution >= 4 is 50.8 Å². The third-order valence-corrected chi connectivity index (χ3v) is 3.96. The first-order chi connectivity index (χ1) is 6.19. The van der Waals surface area contributed by atoms with Gasteiger partial charge in [-0.25, -0.2) is 0 Å². The van der Waals surface area contributed by atoms with E-state index < -0.39 is 6.10 Å². The molecule has 1 rings (SSSR count). The van der Waals surface area contributed by atoms with Crippen LogP contribution in [0.1, 0.15) is 11.7 Å². The Balaban J connectivity index is 2.96. The highest BCUT2D eigenvalue weighted by atomic mass is 79.9. The minimum Gasteiger partial charge on any atom is -0.387 e. The van der Waals surface area contributed by atoms with E-state index in [1.165, 1.54) is 11.3 Å². The van der Waals surface area contributed by atoms with Crippen LogP contribution in [-0.4, -0.2) is 10.4 Å². The van der Waals surface area contributed by atoms with Gasteiger partial charge in [0.25, 0.3) is 0 Å². The van der Waals surface area contributed by atoms with Crippen molar-refractivity contribution in [1.82, 2.24) is 0 Å². The lowest BCUT2D eigenvalue weighted by Gasteiger charge is -2.04. The van der Waals surface area contributed by atoms with Crippen molar-refractivity contribution in [3.63, 3.8) is 0 Å². The Hall–Kier alpha value is 0.380. The van der Waals surface area contributed by atoms with Crippen molar-refractivity contribution in [2.75, 3.05) is 5.33 Å². The third-order valence-electron chi connectivity index (χ3n) is 1.32. The van der Waals surface area contributed by atoms with E-state index in [2.05, 4.69) is 20.5 Å². The van der Waals surface area contributed by atoms with Gasteiger partial charge in [0.2, 0.25) is 0 Å². The summed E-state index contributed by atoms with van der Waals surface area (Å²) in [6.45, 7) is 0. The normalized spacial score (nSPS) is 12.8. The zero-order valence-corrected chi connectivity index (χ0v) is 10.2. The minimum atomic E-state index is -0.645. The highest BCUT2D eigenvalue weighted by molar-refractivity contribution is 9.09. The number of hydrogen-bond donors (Lipinski definition) is 1. The molecule has 0 aliphatic rings. The van der Waals surface area contributed by atoms with Crippen LogP contribution >= 0.6 is 50.8 Å². The molecular formula is C6H5BrClNO2S2. The van der Waals surface area contributed by atoms with Crippen molar-refractivity contribution in [2.45, 2.75) is 10.3 Å². The Labute approximate surface area is 96.7 Å². The minimum absolute atomic E-state index is 0.409. The van der Waals surface area contributed by atoms with E-state index in [-0.39, 0.29) is 0 Å².